The summed E-state index contributed by atoms with van der Waals surface area (Å²) in [5.41, 5.74) is 0.951. The van der Waals surface area contributed by atoms with E-state index in [-0.39, 0.29) is 29.9 Å². The highest BCUT2D eigenvalue weighted by atomic mass is 16.6. The van der Waals surface area contributed by atoms with Crippen molar-refractivity contribution >= 4 is 29.4 Å². The zero-order chi connectivity index (χ0) is 39.8. The Morgan fingerprint density at radius 2 is 1.20 bits per heavy atom. The Morgan fingerprint density at radius 1 is 0.673 bits per heavy atom. The van der Waals surface area contributed by atoms with Gasteiger partial charge in [0.25, 0.3) is 0 Å². The standard InChI is InChI=1S/C44H65N5O6/c1-31(2)27-36(40(51)44(5)30-55-44)46-43(54)38(29-34-19-11-7-12-20-34)48-42(53)37(28-32(3)4)47-41(52)35(23-22-33-17-9-6-10-18-33)45-39(50)21-13-16-26-49-24-14-8-15-25-49/h6-7,9-12,17-20,31-32,35-38H,8,13-16,21-30H2,1-5H3,(H,45,50)(H,46,54)(H,47,52)(H,48,53)/t35-,36?,37?,38-,44?/m0/s1. The van der Waals surface area contributed by atoms with Gasteiger partial charge in [-0.2, -0.15) is 0 Å². The van der Waals surface area contributed by atoms with Crippen molar-refractivity contribution in [2.75, 3.05) is 26.2 Å². The fourth-order valence-corrected chi connectivity index (χ4v) is 7.20. The Kier molecular flexibility index (Phi) is 17.3. The molecule has 0 aliphatic carbocycles. The number of piperidine rings is 1. The molecular formula is C44H65N5O6. The van der Waals surface area contributed by atoms with Crippen molar-refractivity contribution in [3.8, 4) is 0 Å². The first kappa shape index (κ1) is 43.6. The van der Waals surface area contributed by atoms with Gasteiger partial charge in [-0.25, -0.2) is 0 Å². The molecule has 4 rings (SSSR count). The molecule has 4 amide bonds. The molecule has 3 unspecified atom stereocenters. The molecule has 11 heteroatoms. The molecule has 2 heterocycles. The number of hydrogen-bond donors (Lipinski definition) is 4. The van der Waals surface area contributed by atoms with E-state index in [4.69, 9.17) is 4.74 Å². The molecule has 55 heavy (non-hydrogen) atoms. The van der Waals surface area contributed by atoms with Crippen LogP contribution >= 0.6 is 0 Å². The number of nitrogens with one attached hydrogen (secondary N) is 4. The van der Waals surface area contributed by atoms with Crippen molar-refractivity contribution in [2.45, 2.75) is 135 Å². The fourth-order valence-electron chi connectivity index (χ4n) is 7.20. The number of carbonyl (C=O) groups excluding carboxylic acids is 5. The number of hydrogen-bond acceptors (Lipinski definition) is 7. The summed E-state index contributed by atoms with van der Waals surface area (Å²) < 4.78 is 5.42. The molecule has 2 saturated heterocycles. The van der Waals surface area contributed by atoms with Gasteiger partial charge in [-0.05, 0) is 101 Å². The number of carbonyl (C=O) groups is 5. The summed E-state index contributed by atoms with van der Waals surface area (Å²) in [6.07, 6.45) is 7.56. The van der Waals surface area contributed by atoms with Gasteiger partial charge in [-0.15, -0.1) is 0 Å². The first-order valence-electron chi connectivity index (χ1n) is 20.5. The minimum Gasteiger partial charge on any atom is -0.361 e. The predicted molar refractivity (Wildman–Crippen MR) is 215 cm³/mol. The minimum absolute atomic E-state index is 0.0297. The molecule has 5 atom stereocenters. The first-order chi connectivity index (χ1) is 26.3. The highest BCUT2D eigenvalue weighted by Crippen LogP contribution is 2.29. The van der Waals surface area contributed by atoms with Crippen LogP contribution in [-0.4, -0.2) is 90.3 Å². The number of rotatable bonds is 23. The summed E-state index contributed by atoms with van der Waals surface area (Å²) >= 11 is 0. The Balaban J connectivity index is 1.46. The third-order valence-corrected chi connectivity index (χ3v) is 10.5. The lowest BCUT2D eigenvalue weighted by Crippen LogP contribution is -2.59. The van der Waals surface area contributed by atoms with E-state index < -0.39 is 47.5 Å². The second-order valence-electron chi connectivity index (χ2n) is 16.5. The summed E-state index contributed by atoms with van der Waals surface area (Å²) in [4.78, 5) is 71.2. The molecule has 0 bridgehead atoms. The highest BCUT2D eigenvalue weighted by molar-refractivity contribution is 5.98. The second-order valence-corrected chi connectivity index (χ2v) is 16.5. The molecule has 0 spiro atoms. The third-order valence-electron chi connectivity index (χ3n) is 10.5. The van der Waals surface area contributed by atoms with Gasteiger partial charge < -0.3 is 30.9 Å². The Morgan fingerprint density at radius 3 is 1.80 bits per heavy atom. The van der Waals surface area contributed by atoms with Crippen LogP contribution in [-0.2, 0) is 41.6 Å². The van der Waals surface area contributed by atoms with Crippen LogP contribution in [0.3, 0.4) is 0 Å². The quantitative estimate of drug-likeness (QED) is 0.0930. The number of aryl methyl sites for hydroxylation is 1. The maximum Gasteiger partial charge on any atom is 0.243 e. The van der Waals surface area contributed by atoms with Crippen LogP contribution in [0.2, 0.25) is 0 Å². The molecule has 4 N–H and O–H groups in total. The van der Waals surface area contributed by atoms with Crippen LogP contribution in [0.1, 0.15) is 104 Å². The second kappa shape index (κ2) is 21.9. The lowest BCUT2D eigenvalue weighted by atomic mass is 9.93. The number of Topliss-reactive ketones (excluding diaryl/α,β-unsaturated/α-hetero) is 1. The van der Waals surface area contributed by atoms with E-state index in [0.717, 1.165) is 43.6 Å². The van der Waals surface area contributed by atoms with Crippen molar-refractivity contribution in [1.29, 1.82) is 0 Å². The van der Waals surface area contributed by atoms with Gasteiger partial charge in [0.15, 0.2) is 5.78 Å². The average molecular weight is 760 g/mol. The summed E-state index contributed by atoms with van der Waals surface area (Å²) in [6.45, 7) is 13.1. The summed E-state index contributed by atoms with van der Waals surface area (Å²) in [5, 5.41) is 11.8. The van der Waals surface area contributed by atoms with Gasteiger partial charge in [-0.1, -0.05) is 94.8 Å². The predicted octanol–water partition coefficient (Wildman–Crippen LogP) is 4.91. The van der Waals surface area contributed by atoms with Crippen molar-refractivity contribution in [3.05, 3.63) is 71.8 Å². The fraction of sp³-hybridized carbons (Fsp3) is 0.614. The summed E-state index contributed by atoms with van der Waals surface area (Å²) in [5.74, 6) is -1.65. The van der Waals surface area contributed by atoms with E-state index in [2.05, 4.69) is 26.2 Å². The molecule has 11 nitrogen and oxygen atoms in total. The number of benzene rings is 2. The molecule has 2 aromatic rings. The van der Waals surface area contributed by atoms with Gasteiger partial charge in [0.1, 0.15) is 23.7 Å². The van der Waals surface area contributed by atoms with Crippen molar-refractivity contribution < 1.29 is 28.7 Å². The van der Waals surface area contributed by atoms with Crippen LogP contribution in [0.5, 0.6) is 0 Å². The smallest absolute Gasteiger partial charge is 0.243 e. The number of amides is 4. The lowest BCUT2D eigenvalue weighted by molar-refractivity contribution is -0.135. The highest BCUT2D eigenvalue weighted by Gasteiger charge is 2.50. The molecule has 0 aromatic heterocycles. The van der Waals surface area contributed by atoms with E-state index in [0.29, 0.717) is 38.7 Å². The van der Waals surface area contributed by atoms with Crippen molar-refractivity contribution in [2.24, 2.45) is 11.8 Å². The average Bonchev–Trinajstić information content (AvgIpc) is 3.92. The van der Waals surface area contributed by atoms with Crippen LogP contribution in [0.25, 0.3) is 0 Å². The van der Waals surface area contributed by atoms with E-state index >= 15 is 0 Å². The molecule has 2 aliphatic heterocycles. The number of ketones is 1. The monoisotopic (exact) mass is 759 g/mol. The number of ether oxygens (including phenoxy) is 1. The number of epoxide rings is 1. The molecule has 2 aromatic carbocycles. The summed E-state index contributed by atoms with van der Waals surface area (Å²) in [7, 11) is 0. The Hall–Kier alpha value is -4.09. The van der Waals surface area contributed by atoms with Crippen LogP contribution < -0.4 is 21.3 Å². The molecular weight excluding hydrogens is 695 g/mol. The third kappa shape index (κ3) is 15.2. The zero-order valence-electron chi connectivity index (χ0n) is 33.7. The minimum atomic E-state index is -1.02. The number of likely N-dealkylation sites (tertiary alicyclic amines) is 1. The van der Waals surface area contributed by atoms with E-state index in [9.17, 15) is 24.0 Å². The van der Waals surface area contributed by atoms with Gasteiger partial charge in [0.05, 0.1) is 12.6 Å². The van der Waals surface area contributed by atoms with Crippen LogP contribution in [0, 0.1) is 11.8 Å². The Bertz CT molecular complexity index is 1520. The van der Waals surface area contributed by atoms with Crippen LogP contribution in [0.15, 0.2) is 60.7 Å². The molecule has 302 valence electrons. The zero-order valence-corrected chi connectivity index (χ0v) is 33.7. The van der Waals surface area contributed by atoms with Gasteiger partial charge in [-0.3, -0.25) is 24.0 Å². The maximum absolute atomic E-state index is 14.1. The number of unbranched alkanes of at least 4 members (excludes halogenated alkanes) is 1. The van der Waals surface area contributed by atoms with E-state index in [1.165, 1.54) is 19.3 Å². The SMILES string of the molecule is CC(C)CC(NC(=O)[C@H](CCc1ccccc1)NC(=O)CCCCN1CCCCC1)C(=O)N[C@@H](Cc1ccccc1)C(=O)NC(CC(C)C)C(=O)C1(C)CO1. The normalized spacial score (nSPS) is 19.2. The largest absolute Gasteiger partial charge is 0.361 e. The first-order valence-corrected chi connectivity index (χ1v) is 20.5. The van der Waals surface area contributed by atoms with E-state index in [1.54, 1.807) is 6.92 Å². The van der Waals surface area contributed by atoms with Gasteiger partial charge >= 0.3 is 0 Å². The van der Waals surface area contributed by atoms with Crippen molar-refractivity contribution in [3.63, 3.8) is 0 Å². The topological polar surface area (TPSA) is 149 Å². The van der Waals surface area contributed by atoms with E-state index in [1.807, 2.05) is 88.4 Å². The molecule has 2 aliphatic rings. The lowest BCUT2D eigenvalue weighted by Gasteiger charge is -2.28. The Labute approximate surface area is 328 Å². The van der Waals surface area contributed by atoms with Crippen molar-refractivity contribution in [1.82, 2.24) is 26.2 Å². The van der Waals surface area contributed by atoms with Gasteiger partial charge in [0.2, 0.25) is 23.6 Å². The molecule has 0 radical (unpaired) electrons. The molecule has 0 saturated carbocycles. The number of nitrogens with zero attached hydrogens (tertiary/aromatic N) is 1. The maximum atomic E-state index is 14.1. The summed E-state index contributed by atoms with van der Waals surface area (Å²) in [6, 6.07) is 15.5. The van der Waals surface area contributed by atoms with Crippen LogP contribution in [0.4, 0.5) is 0 Å². The molecule has 2 fully saturated rings. The van der Waals surface area contributed by atoms with Gasteiger partial charge in [0, 0.05) is 12.8 Å².